The van der Waals surface area contributed by atoms with Crippen molar-refractivity contribution in [2.24, 2.45) is 5.73 Å². The van der Waals surface area contributed by atoms with Gasteiger partial charge in [-0.3, -0.25) is 4.98 Å². The lowest BCUT2D eigenvalue weighted by molar-refractivity contribution is 0.405. The van der Waals surface area contributed by atoms with Gasteiger partial charge in [-0.05, 0) is 24.3 Å². The minimum Gasteiger partial charge on any atom is -0.495 e. The second kappa shape index (κ2) is 5.10. The molecular formula is C13H12F2N2O. The molecule has 0 saturated heterocycles. The summed E-state index contributed by atoms with van der Waals surface area (Å²) in [6.45, 7) is 0. The number of nitrogens with zero attached hydrogens (tertiary/aromatic N) is 1. The largest absolute Gasteiger partial charge is 0.495 e. The third-order valence-electron chi connectivity index (χ3n) is 2.66. The van der Waals surface area contributed by atoms with E-state index in [1.165, 1.54) is 19.5 Å². The fraction of sp³-hybridized carbons (Fsp3) is 0.154. The van der Waals surface area contributed by atoms with Crippen LogP contribution >= 0.6 is 0 Å². The summed E-state index contributed by atoms with van der Waals surface area (Å²) in [5.41, 5.74) is 6.58. The van der Waals surface area contributed by atoms with Crippen LogP contribution in [0, 0.1) is 11.6 Å². The smallest absolute Gasteiger partial charge is 0.142 e. The zero-order valence-corrected chi connectivity index (χ0v) is 9.73. The molecule has 0 aliphatic rings. The van der Waals surface area contributed by atoms with Crippen LogP contribution in [0.4, 0.5) is 8.78 Å². The first-order valence-corrected chi connectivity index (χ1v) is 5.32. The maximum Gasteiger partial charge on any atom is 0.142 e. The van der Waals surface area contributed by atoms with Gasteiger partial charge in [0, 0.05) is 17.3 Å². The lowest BCUT2D eigenvalue weighted by Gasteiger charge is -2.16. The molecule has 0 spiro atoms. The van der Waals surface area contributed by atoms with Crippen molar-refractivity contribution in [3.05, 3.63) is 59.4 Å². The highest BCUT2D eigenvalue weighted by Gasteiger charge is 2.18. The number of benzene rings is 1. The van der Waals surface area contributed by atoms with Gasteiger partial charge < -0.3 is 10.5 Å². The Morgan fingerprint density at radius 1 is 1.22 bits per heavy atom. The van der Waals surface area contributed by atoms with Crippen LogP contribution in [0.15, 0.2) is 36.7 Å². The maximum atomic E-state index is 13.6. The van der Waals surface area contributed by atoms with Crippen LogP contribution in [0.2, 0.25) is 0 Å². The first kappa shape index (κ1) is 12.4. The summed E-state index contributed by atoms with van der Waals surface area (Å²) in [6.07, 6.45) is 3.00. The molecule has 2 N–H and O–H groups in total. The van der Waals surface area contributed by atoms with Gasteiger partial charge in [0.05, 0.1) is 19.3 Å². The Bertz CT molecular complexity index is 560. The van der Waals surface area contributed by atoms with E-state index in [4.69, 9.17) is 10.5 Å². The molecule has 1 aromatic heterocycles. The zero-order valence-electron chi connectivity index (χ0n) is 9.73. The minimum atomic E-state index is -0.807. The summed E-state index contributed by atoms with van der Waals surface area (Å²) in [5, 5.41) is 0. The quantitative estimate of drug-likeness (QED) is 0.910. The molecule has 1 unspecified atom stereocenters. The van der Waals surface area contributed by atoms with Gasteiger partial charge in [-0.1, -0.05) is 0 Å². The Balaban J connectivity index is 2.47. The average Bonchev–Trinajstić information content (AvgIpc) is 2.40. The van der Waals surface area contributed by atoms with Crippen molar-refractivity contribution in [3.63, 3.8) is 0 Å². The fourth-order valence-corrected chi connectivity index (χ4v) is 1.74. The van der Waals surface area contributed by atoms with Crippen LogP contribution < -0.4 is 10.5 Å². The van der Waals surface area contributed by atoms with Crippen molar-refractivity contribution >= 4 is 0 Å². The van der Waals surface area contributed by atoms with Crippen molar-refractivity contribution in [1.82, 2.24) is 4.98 Å². The summed E-state index contributed by atoms with van der Waals surface area (Å²) in [6, 6.07) is 4.00. The molecule has 94 valence electrons. The number of nitrogens with two attached hydrogens (primary N) is 1. The lowest BCUT2D eigenvalue weighted by Crippen LogP contribution is -2.15. The number of methoxy groups -OCH3 is 1. The van der Waals surface area contributed by atoms with Crippen molar-refractivity contribution < 1.29 is 13.5 Å². The SMILES string of the molecule is COc1cnccc1C(N)c1cc(F)ccc1F. The fourth-order valence-electron chi connectivity index (χ4n) is 1.74. The lowest BCUT2D eigenvalue weighted by atomic mass is 9.99. The van der Waals surface area contributed by atoms with E-state index in [0.29, 0.717) is 11.3 Å². The highest BCUT2D eigenvalue weighted by molar-refractivity contribution is 5.39. The van der Waals surface area contributed by atoms with Crippen LogP contribution in [0.1, 0.15) is 17.2 Å². The van der Waals surface area contributed by atoms with Gasteiger partial charge in [0.1, 0.15) is 17.4 Å². The average molecular weight is 250 g/mol. The summed E-state index contributed by atoms with van der Waals surface area (Å²) < 4.78 is 31.9. The maximum absolute atomic E-state index is 13.6. The van der Waals surface area contributed by atoms with Crippen LogP contribution in [-0.4, -0.2) is 12.1 Å². The van der Waals surface area contributed by atoms with Gasteiger partial charge in [-0.2, -0.15) is 0 Å². The van der Waals surface area contributed by atoms with Crippen molar-refractivity contribution in [3.8, 4) is 5.75 Å². The van der Waals surface area contributed by atoms with Gasteiger partial charge in [-0.25, -0.2) is 8.78 Å². The predicted octanol–water partition coefficient (Wildman–Crippen LogP) is 2.42. The van der Waals surface area contributed by atoms with Gasteiger partial charge in [0.15, 0.2) is 0 Å². The normalized spacial score (nSPS) is 12.2. The first-order valence-electron chi connectivity index (χ1n) is 5.32. The summed E-state index contributed by atoms with van der Waals surface area (Å²) >= 11 is 0. The topological polar surface area (TPSA) is 48.1 Å². The Morgan fingerprint density at radius 3 is 2.72 bits per heavy atom. The van der Waals surface area contributed by atoms with Crippen molar-refractivity contribution in [2.45, 2.75) is 6.04 Å². The molecule has 1 heterocycles. The molecular weight excluding hydrogens is 238 g/mol. The number of hydrogen-bond donors (Lipinski definition) is 1. The van der Waals surface area contributed by atoms with E-state index in [9.17, 15) is 8.78 Å². The number of hydrogen-bond acceptors (Lipinski definition) is 3. The van der Waals surface area contributed by atoms with E-state index in [0.717, 1.165) is 18.2 Å². The number of pyridine rings is 1. The molecule has 0 aliphatic heterocycles. The molecule has 0 amide bonds. The van der Waals surface area contributed by atoms with E-state index in [1.807, 2.05) is 0 Å². The second-order valence-electron chi connectivity index (χ2n) is 3.76. The van der Waals surface area contributed by atoms with Gasteiger partial charge >= 0.3 is 0 Å². The molecule has 2 rings (SSSR count). The van der Waals surface area contributed by atoms with Gasteiger partial charge in [-0.15, -0.1) is 0 Å². The summed E-state index contributed by atoms with van der Waals surface area (Å²) in [7, 11) is 1.47. The molecule has 0 aliphatic carbocycles. The highest BCUT2D eigenvalue weighted by atomic mass is 19.1. The molecule has 18 heavy (non-hydrogen) atoms. The van der Waals surface area contributed by atoms with E-state index in [2.05, 4.69) is 4.98 Å². The van der Waals surface area contributed by atoms with Gasteiger partial charge in [0.25, 0.3) is 0 Å². The Hall–Kier alpha value is -2.01. The summed E-state index contributed by atoms with van der Waals surface area (Å²) in [5.74, 6) is -0.647. The van der Waals surface area contributed by atoms with E-state index >= 15 is 0 Å². The number of ether oxygens (including phenoxy) is 1. The standard InChI is InChI=1S/C13H12F2N2O/c1-18-12-7-17-5-4-9(12)13(16)10-6-8(14)2-3-11(10)15/h2-7,13H,16H2,1H3. The third kappa shape index (κ3) is 2.31. The second-order valence-corrected chi connectivity index (χ2v) is 3.76. The Morgan fingerprint density at radius 2 is 2.00 bits per heavy atom. The number of aromatic nitrogens is 1. The molecule has 0 fully saturated rings. The molecule has 0 saturated carbocycles. The van der Waals surface area contributed by atoms with Crippen LogP contribution in [0.5, 0.6) is 5.75 Å². The van der Waals surface area contributed by atoms with Crippen molar-refractivity contribution in [1.29, 1.82) is 0 Å². The van der Waals surface area contributed by atoms with Crippen LogP contribution in [0.3, 0.4) is 0 Å². The van der Waals surface area contributed by atoms with Crippen molar-refractivity contribution in [2.75, 3.05) is 7.11 Å². The molecule has 2 aromatic rings. The van der Waals surface area contributed by atoms with E-state index < -0.39 is 17.7 Å². The molecule has 0 radical (unpaired) electrons. The molecule has 1 atom stereocenters. The van der Waals surface area contributed by atoms with Gasteiger partial charge in [0.2, 0.25) is 0 Å². The first-order chi connectivity index (χ1) is 8.63. The molecule has 0 bridgehead atoms. The minimum absolute atomic E-state index is 0.0829. The number of rotatable bonds is 3. The Labute approximate surface area is 103 Å². The summed E-state index contributed by atoms with van der Waals surface area (Å²) in [4.78, 5) is 3.88. The van der Waals surface area contributed by atoms with Crippen LogP contribution in [0.25, 0.3) is 0 Å². The van der Waals surface area contributed by atoms with E-state index in [1.54, 1.807) is 6.07 Å². The third-order valence-corrected chi connectivity index (χ3v) is 2.66. The predicted molar refractivity (Wildman–Crippen MR) is 63.2 cm³/mol. The van der Waals surface area contributed by atoms with Crippen LogP contribution in [-0.2, 0) is 0 Å². The Kier molecular flexibility index (Phi) is 3.53. The van der Waals surface area contributed by atoms with E-state index in [-0.39, 0.29) is 5.56 Å². The monoisotopic (exact) mass is 250 g/mol. The molecule has 3 nitrogen and oxygen atoms in total. The molecule has 5 heteroatoms. The zero-order chi connectivity index (χ0) is 13.1. The molecule has 1 aromatic carbocycles. The number of halogens is 2. The highest BCUT2D eigenvalue weighted by Crippen LogP contribution is 2.28.